The number of esters is 1. The summed E-state index contributed by atoms with van der Waals surface area (Å²) in [5.41, 5.74) is -3.41. The van der Waals surface area contributed by atoms with E-state index in [0.717, 1.165) is 25.0 Å². The Bertz CT molecular complexity index is 1240. The molecular weight excluding hydrogens is 682 g/mol. The molecule has 49 heavy (non-hydrogen) atoms. The minimum atomic E-state index is -2.14. The summed E-state index contributed by atoms with van der Waals surface area (Å²) in [5.74, 6) is 0.246. The molecule has 3 rings (SSSR count). The molecule has 0 aliphatic carbocycles. The van der Waals surface area contributed by atoms with Crippen molar-refractivity contribution < 1.29 is 33.9 Å². The molecule has 0 bridgehead atoms. The number of piperidine rings is 3. The van der Waals surface area contributed by atoms with Gasteiger partial charge in [-0.1, -0.05) is 13.2 Å². The molecule has 13 heteroatoms. The highest BCUT2D eigenvalue weighted by Crippen LogP contribution is 2.57. The minimum Gasteiger partial charge on any atom is -0.460 e. The van der Waals surface area contributed by atoms with E-state index < -0.39 is 36.2 Å². The molecule has 0 radical (unpaired) electrons. The molecule has 10 nitrogen and oxygen atoms in total. The zero-order valence-corrected chi connectivity index (χ0v) is 34.3. The second-order valence-corrected chi connectivity index (χ2v) is 21.2. The minimum absolute atomic E-state index is 0.0108. The Morgan fingerprint density at radius 2 is 1.41 bits per heavy atom. The van der Waals surface area contributed by atoms with Crippen molar-refractivity contribution in [3.63, 3.8) is 0 Å². The molecule has 0 aromatic carbocycles. The van der Waals surface area contributed by atoms with Gasteiger partial charge in [0.15, 0.2) is 5.66 Å². The van der Waals surface area contributed by atoms with E-state index in [9.17, 15) is 19.8 Å². The molecule has 280 valence electrons. The van der Waals surface area contributed by atoms with Gasteiger partial charge in [0.2, 0.25) is 0 Å². The molecule has 3 fully saturated rings. The Morgan fingerprint density at radius 1 is 0.837 bits per heavy atom. The Labute approximate surface area is 305 Å². The second kappa shape index (κ2) is 16.0. The summed E-state index contributed by atoms with van der Waals surface area (Å²) in [5, 5.41) is 30.2. The van der Waals surface area contributed by atoms with Crippen LogP contribution < -0.4 is 0 Å². The first kappa shape index (κ1) is 42.5. The van der Waals surface area contributed by atoms with Crippen LogP contribution in [0.15, 0.2) is 36.5 Å². The number of carbonyl (C=O) groups excluding carboxylic acids is 1. The topological polar surface area (TPSA) is 112 Å². The van der Waals surface area contributed by atoms with Crippen molar-refractivity contribution in [2.75, 3.05) is 19.0 Å². The SMILES string of the molecule is C=CSC1CC(C)(C)N(O)C(C)(C2(C)CC([P+](=O)OCCOC(=O)C(=C)C)CC(C)(C)N2O/C=C\CSC2CC(C)(C)N(O)C(C)(C)C2)C1. The molecule has 5 unspecified atom stereocenters. The fourth-order valence-electron chi connectivity index (χ4n) is 8.50. The molecule has 0 spiro atoms. The maximum atomic E-state index is 13.8. The lowest BCUT2D eigenvalue weighted by Crippen LogP contribution is -2.78. The standard InChI is InChI=1S/C36H63N3O7PS2/c1-14-48-29-24-33(8,9)38(42)35(12,25-29)36(13)21-27(47(43)46-18-17-44-30(40)26(2)3)20-34(10,11)39(36)45-16-15-19-49-28-22-31(4,5)37(41)32(6,7)23-28/h14-16,27-29,41-42H,1-2,17-25H2,3-13H3/q+1/b16-15-. The van der Waals surface area contributed by atoms with Gasteiger partial charge in [-0.15, -0.1) is 21.3 Å². The van der Waals surface area contributed by atoms with Crippen LogP contribution in [-0.2, 0) is 23.5 Å². The number of hydrogen-bond donors (Lipinski definition) is 2. The summed E-state index contributed by atoms with van der Waals surface area (Å²) < 4.78 is 24.7. The van der Waals surface area contributed by atoms with Gasteiger partial charge in [-0.2, -0.15) is 21.9 Å². The number of thioether (sulfide) groups is 2. The van der Waals surface area contributed by atoms with Gasteiger partial charge in [-0.05, 0) is 118 Å². The number of ether oxygens (including phenoxy) is 1. The van der Waals surface area contributed by atoms with Crippen LogP contribution in [0.5, 0.6) is 0 Å². The first-order chi connectivity index (χ1) is 22.4. The van der Waals surface area contributed by atoms with E-state index in [0.29, 0.717) is 30.1 Å². The number of carbonyl (C=O) groups is 1. The van der Waals surface area contributed by atoms with Gasteiger partial charge in [0.25, 0.3) is 0 Å². The fraction of sp³-hybridized carbons (Fsp3) is 0.806. The molecule has 3 saturated heterocycles. The number of rotatable bonds is 14. The number of hydroxylamine groups is 6. The first-order valence-corrected chi connectivity index (χ1v) is 20.6. The van der Waals surface area contributed by atoms with E-state index in [1.807, 2.05) is 28.3 Å². The maximum Gasteiger partial charge on any atom is 0.511 e. The van der Waals surface area contributed by atoms with E-state index in [1.165, 1.54) is 10.1 Å². The maximum absolute atomic E-state index is 13.8. The summed E-state index contributed by atoms with van der Waals surface area (Å²) in [7, 11) is -2.14. The third-order valence-corrected chi connectivity index (χ3v) is 14.2. The summed E-state index contributed by atoms with van der Waals surface area (Å²) in [4.78, 5) is 18.4. The average Bonchev–Trinajstić information content (AvgIpc) is 2.96. The lowest BCUT2D eigenvalue weighted by atomic mass is 9.64. The molecule has 2 N–H and O–H groups in total. The Hall–Kier alpha value is -0.950. The zero-order valence-electron chi connectivity index (χ0n) is 31.8. The van der Waals surface area contributed by atoms with Gasteiger partial charge in [-0.25, -0.2) is 4.79 Å². The highest BCUT2D eigenvalue weighted by molar-refractivity contribution is 8.02. The van der Waals surface area contributed by atoms with E-state index in [4.69, 9.17) is 14.1 Å². The Morgan fingerprint density at radius 3 is 1.98 bits per heavy atom. The quantitative estimate of drug-likeness (QED) is 0.0583. The van der Waals surface area contributed by atoms with Crippen LogP contribution in [0, 0.1) is 0 Å². The second-order valence-electron chi connectivity index (χ2n) is 17.0. The Kier molecular flexibility index (Phi) is 13.8. The molecule has 0 aromatic heterocycles. The number of nitrogens with zero attached hydrogens (tertiary/aromatic N) is 3. The van der Waals surface area contributed by atoms with Gasteiger partial charge in [0.1, 0.15) is 19.5 Å². The van der Waals surface area contributed by atoms with Gasteiger partial charge in [0, 0.05) is 51.3 Å². The average molecular weight is 745 g/mol. The summed E-state index contributed by atoms with van der Waals surface area (Å²) in [6, 6.07) is 0. The predicted molar refractivity (Wildman–Crippen MR) is 201 cm³/mol. The third-order valence-electron chi connectivity index (χ3n) is 10.7. The molecule has 0 aromatic rings. The molecule has 0 amide bonds. The van der Waals surface area contributed by atoms with Crippen molar-refractivity contribution in [3.8, 4) is 0 Å². The Balaban J connectivity index is 1.86. The van der Waals surface area contributed by atoms with Gasteiger partial charge in [-0.3, -0.25) is 0 Å². The third kappa shape index (κ3) is 9.54. The van der Waals surface area contributed by atoms with Gasteiger partial charge in [0.05, 0.1) is 16.6 Å². The van der Waals surface area contributed by atoms with Gasteiger partial charge >= 0.3 is 14.0 Å². The van der Waals surface area contributed by atoms with Crippen molar-refractivity contribution in [1.29, 1.82) is 0 Å². The molecule has 0 saturated carbocycles. The van der Waals surface area contributed by atoms with Crippen molar-refractivity contribution >= 4 is 37.5 Å². The molecule has 3 heterocycles. The van der Waals surface area contributed by atoms with Gasteiger partial charge < -0.3 is 20.0 Å². The highest BCUT2D eigenvalue weighted by atomic mass is 32.2. The van der Waals surface area contributed by atoms with Crippen LogP contribution in [0.4, 0.5) is 0 Å². The van der Waals surface area contributed by atoms with Crippen LogP contribution in [0.25, 0.3) is 0 Å². The smallest absolute Gasteiger partial charge is 0.460 e. The summed E-state index contributed by atoms with van der Waals surface area (Å²) in [6.45, 7) is 29.9. The van der Waals surface area contributed by atoms with Crippen molar-refractivity contribution in [2.24, 2.45) is 0 Å². The monoisotopic (exact) mass is 744 g/mol. The van der Waals surface area contributed by atoms with E-state index in [2.05, 4.69) is 82.4 Å². The van der Waals surface area contributed by atoms with Crippen LogP contribution in [0.2, 0.25) is 0 Å². The summed E-state index contributed by atoms with van der Waals surface area (Å²) >= 11 is 3.55. The van der Waals surface area contributed by atoms with Crippen molar-refractivity contribution in [2.45, 2.75) is 164 Å². The number of hydrogen-bond acceptors (Lipinski definition) is 12. The van der Waals surface area contributed by atoms with E-state index >= 15 is 0 Å². The highest BCUT2D eigenvalue weighted by Gasteiger charge is 2.67. The van der Waals surface area contributed by atoms with Crippen LogP contribution >= 0.6 is 31.6 Å². The molecule has 3 aliphatic rings. The van der Waals surface area contributed by atoms with Crippen molar-refractivity contribution in [1.82, 2.24) is 15.2 Å². The predicted octanol–water partition coefficient (Wildman–Crippen LogP) is 8.72. The fourth-order valence-corrected chi connectivity index (χ4v) is 12.8. The first-order valence-electron chi connectivity index (χ1n) is 17.3. The van der Waals surface area contributed by atoms with Crippen LogP contribution in [-0.4, -0.2) is 99.9 Å². The molecule has 5 atom stereocenters. The van der Waals surface area contributed by atoms with E-state index in [1.54, 1.807) is 24.9 Å². The molecule has 3 aliphatic heterocycles. The zero-order chi connectivity index (χ0) is 37.2. The summed E-state index contributed by atoms with van der Waals surface area (Å²) in [6.07, 6.45) is 7.97. The largest absolute Gasteiger partial charge is 0.511 e. The van der Waals surface area contributed by atoms with Crippen LogP contribution in [0.3, 0.4) is 0 Å². The van der Waals surface area contributed by atoms with Crippen molar-refractivity contribution in [3.05, 3.63) is 36.5 Å². The normalized spacial score (nSPS) is 32.5. The van der Waals surface area contributed by atoms with E-state index in [-0.39, 0.29) is 35.2 Å². The van der Waals surface area contributed by atoms with Crippen LogP contribution in [0.1, 0.15) is 115 Å². The molecular formula is C36H63N3O7PS2+. The lowest BCUT2D eigenvalue weighted by molar-refractivity contribution is -0.339. The lowest BCUT2D eigenvalue weighted by Gasteiger charge is -2.64.